The zero-order valence-electron chi connectivity index (χ0n) is 50.9. The van der Waals surface area contributed by atoms with Crippen LogP contribution in [0.5, 0.6) is 0 Å². The minimum absolute atomic E-state index is 0.235. The van der Waals surface area contributed by atoms with E-state index in [1.165, 1.54) is 154 Å². The van der Waals surface area contributed by atoms with Gasteiger partial charge < -0.3 is 89.9 Å². The van der Waals surface area contributed by atoms with Crippen LogP contribution in [0.2, 0.25) is 0 Å². The Balaban J connectivity index is 1.47. The molecule has 0 aromatic heterocycles. The summed E-state index contributed by atoms with van der Waals surface area (Å²) in [6.07, 6.45) is 25.6. The molecule has 3 saturated heterocycles. The third kappa shape index (κ3) is 30.2. The zero-order chi connectivity index (χ0) is 60.5. The average molecular weight is 1190 g/mol. The fourth-order valence-corrected chi connectivity index (χ4v) is 11.0. The number of hydrogen-bond donors (Lipinski definition) is 12. The second-order valence-corrected chi connectivity index (χ2v) is 23.6. The summed E-state index contributed by atoms with van der Waals surface area (Å²) in [6.45, 7) is 1.71. The normalized spacial score (nSPS) is 29.6. The lowest BCUT2D eigenvalue weighted by molar-refractivity contribution is -0.379. The summed E-state index contributed by atoms with van der Waals surface area (Å²) in [6, 6.07) is -0.993. The van der Waals surface area contributed by atoms with Crippen molar-refractivity contribution in [3.05, 3.63) is 36.5 Å². The van der Waals surface area contributed by atoms with Gasteiger partial charge in [0.2, 0.25) is 5.91 Å². The second kappa shape index (κ2) is 47.1. The number of nitrogens with one attached hydrogen (secondary N) is 1. The monoisotopic (exact) mass is 1190 g/mol. The van der Waals surface area contributed by atoms with Crippen LogP contribution in [-0.2, 0) is 33.2 Å². The molecule has 1 amide bonds. The van der Waals surface area contributed by atoms with Crippen LogP contribution in [0, 0.1) is 0 Å². The summed E-state index contributed by atoms with van der Waals surface area (Å²) in [5.74, 6) is -0.289. The fraction of sp³-hybridized carbons (Fsp3) is 0.891. The number of unbranched alkanes of at least 4 members (excludes halogenated alkanes) is 29. The van der Waals surface area contributed by atoms with Crippen molar-refractivity contribution in [3.8, 4) is 0 Å². The predicted molar refractivity (Wildman–Crippen MR) is 319 cm³/mol. The Labute approximate surface area is 498 Å². The number of ether oxygens (including phenoxy) is 6. The Morgan fingerprint density at radius 1 is 0.422 bits per heavy atom. The molecular formula is C64H117NO18. The Kier molecular flexibility index (Phi) is 42.7. The van der Waals surface area contributed by atoms with Crippen molar-refractivity contribution in [1.82, 2.24) is 5.32 Å². The first-order chi connectivity index (χ1) is 40.3. The van der Waals surface area contributed by atoms with Crippen LogP contribution in [0.15, 0.2) is 36.5 Å². The van der Waals surface area contributed by atoms with E-state index in [4.69, 9.17) is 28.4 Å². The molecule has 0 saturated carbocycles. The molecule has 486 valence electrons. The van der Waals surface area contributed by atoms with Crippen molar-refractivity contribution in [1.29, 1.82) is 0 Å². The van der Waals surface area contributed by atoms with E-state index in [0.717, 1.165) is 44.9 Å². The molecule has 3 aliphatic heterocycles. The minimum atomic E-state index is -1.98. The highest BCUT2D eigenvalue weighted by atomic mass is 16.8. The van der Waals surface area contributed by atoms with Crippen molar-refractivity contribution < 1.29 is 89.4 Å². The van der Waals surface area contributed by atoms with Crippen molar-refractivity contribution in [3.63, 3.8) is 0 Å². The summed E-state index contributed by atoms with van der Waals surface area (Å²) >= 11 is 0. The number of allylic oxidation sites excluding steroid dienone is 5. The molecule has 3 heterocycles. The second-order valence-electron chi connectivity index (χ2n) is 23.6. The number of carbonyl (C=O) groups excluding carboxylic acids is 1. The van der Waals surface area contributed by atoms with E-state index in [2.05, 4.69) is 43.5 Å². The van der Waals surface area contributed by atoms with Crippen molar-refractivity contribution in [2.75, 3.05) is 26.4 Å². The topological polar surface area (TPSA) is 307 Å². The molecule has 3 aliphatic rings. The molecule has 0 bridgehead atoms. The highest BCUT2D eigenvalue weighted by molar-refractivity contribution is 5.76. The number of carbonyl (C=O) groups is 1. The van der Waals surface area contributed by atoms with Gasteiger partial charge in [-0.25, -0.2) is 0 Å². The Morgan fingerprint density at radius 2 is 0.771 bits per heavy atom. The first kappa shape index (κ1) is 75.3. The summed E-state index contributed by atoms with van der Waals surface area (Å²) in [5, 5.41) is 120. The Bertz CT molecular complexity index is 1660. The molecule has 19 nitrogen and oxygen atoms in total. The first-order valence-electron chi connectivity index (χ1n) is 32.7. The standard InChI is InChI=1S/C64H117NO18/c1-3-5-7-9-11-13-15-17-18-19-20-21-22-23-24-25-26-27-28-30-31-33-35-37-39-41-48(69)47(65-52(70)42-40-38-36-34-32-29-16-14-12-10-8-6-4-2)46-78-62-58(76)55(73)60(50(44-67)80-62)83-64-59(77)56(74)61(51(45-68)81-64)82-63-57(75)54(72)53(71)49(43-66)79-63/h26-27,31,33,39,41,47-51,53-64,66-69,71-77H,3-25,28-30,32,34-38,40,42-46H2,1-2H3,(H,65,70)/b27-26+,33-31+,41-39+. The Morgan fingerprint density at radius 3 is 1.20 bits per heavy atom. The molecule has 83 heavy (non-hydrogen) atoms. The van der Waals surface area contributed by atoms with Gasteiger partial charge in [-0.15, -0.1) is 0 Å². The van der Waals surface area contributed by atoms with E-state index in [1.807, 2.05) is 6.08 Å². The molecule has 0 aliphatic carbocycles. The maximum absolute atomic E-state index is 13.3. The van der Waals surface area contributed by atoms with Gasteiger partial charge in [-0.1, -0.05) is 217 Å². The number of hydrogen-bond acceptors (Lipinski definition) is 18. The lowest BCUT2D eigenvalue weighted by atomic mass is 9.96. The van der Waals surface area contributed by atoms with Gasteiger partial charge >= 0.3 is 0 Å². The maximum Gasteiger partial charge on any atom is 0.220 e. The van der Waals surface area contributed by atoms with Crippen LogP contribution >= 0.6 is 0 Å². The maximum atomic E-state index is 13.3. The fourth-order valence-electron chi connectivity index (χ4n) is 11.0. The quantitative estimate of drug-likeness (QED) is 0.0211. The molecule has 19 heteroatoms. The zero-order valence-corrected chi connectivity index (χ0v) is 50.9. The van der Waals surface area contributed by atoms with Gasteiger partial charge in [0.05, 0.1) is 38.6 Å². The molecule has 12 N–H and O–H groups in total. The van der Waals surface area contributed by atoms with Crippen LogP contribution < -0.4 is 5.32 Å². The first-order valence-corrected chi connectivity index (χ1v) is 32.7. The third-order valence-corrected chi connectivity index (χ3v) is 16.4. The van der Waals surface area contributed by atoms with Crippen molar-refractivity contribution in [2.24, 2.45) is 0 Å². The van der Waals surface area contributed by atoms with Crippen LogP contribution in [0.4, 0.5) is 0 Å². The smallest absolute Gasteiger partial charge is 0.220 e. The van der Waals surface area contributed by atoms with Crippen LogP contribution in [0.25, 0.3) is 0 Å². The molecule has 0 aromatic carbocycles. The molecule has 0 spiro atoms. The van der Waals surface area contributed by atoms with Gasteiger partial charge in [0.1, 0.15) is 73.2 Å². The minimum Gasteiger partial charge on any atom is -0.394 e. The van der Waals surface area contributed by atoms with Crippen LogP contribution in [-0.4, -0.2) is 193 Å². The number of aliphatic hydroxyl groups excluding tert-OH is 11. The highest BCUT2D eigenvalue weighted by Gasteiger charge is 2.53. The van der Waals surface area contributed by atoms with Gasteiger partial charge in [-0.3, -0.25) is 4.79 Å². The predicted octanol–water partition coefficient (Wildman–Crippen LogP) is 7.27. The van der Waals surface area contributed by atoms with E-state index < -0.39 is 124 Å². The third-order valence-electron chi connectivity index (χ3n) is 16.4. The van der Waals surface area contributed by atoms with Gasteiger partial charge in [-0.05, 0) is 44.9 Å². The van der Waals surface area contributed by atoms with E-state index in [0.29, 0.717) is 12.8 Å². The van der Waals surface area contributed by atoms with Gasteiger partial charge in [0.25, 0.3) is 0 Å². The Hall–Kier alpha value is -1.99. The van der Waals surface area contributed by atoms with Gasteiger partial charge in [0, 0.05) is 6.42 Å². The van der Waals surface area contributed by atoms with Gasteiger partial charge in [-0.2, -0.15) is 0 Å². The number of rotatable bonds is 49. The van der Waals surface area contributed by atoms with E-state index in [9.17, 15) is 61.0 Å². The lowest BCUT2D eigenvalue weighted by Gasteiger charge is -2.48. The molecule has 0 radical (unpaired) electrons. The lowest BCUT2D eigenvalue weighted by Crippen LogP contribution is -2.66. The van der Waals surface area contributed by atoms with E-state index in [-0.39, 0.29) is 18.9 Å². The van der Waals surface area contributed by atoms with E-state index in [1.54, 1.807) is 6.08 Å². The summed E-state index contributed by atoms with van der Waals surface area (Å²) < 4.78 is 34.3. The highest BCUT2D eigenvalue weighted by Crippen LogP contribution is 2.33. The molecule has 3 rings (SSSR count). The summed E-state index contributed by atoms with van der Waals surface area (Å²) in [7, 11) is 0. The van der Waals surface area contributed by atoms with Crippen molar-refractivity contribution in [2.45, 2.75) is 336 Å². The molecule has 3 fully saturated rings. The average Bonchev–Trinajstić information content (AvgIpc) is 3.67. The van der Waals surface area contributed by atoms with Crippen LogP contribution in [0.1, 0.15) is 232 Å². The van der Waals surface area contributed by atoms with Gasteiger partial charge in [0.15, 0.2) is 18.9 Å². The number of aliphatic hydroxyl groups is 11. The molecular weight excluding hydrogens is 1070 g/mol. The van der Waals surface area contributed by atoms with Crippen LogP contribution in [0.3, 0.4) is 0 Å². The SMILES string of the molecule is CCCCCCCCCCCCCCCCC/C=C/CC/C=C/CC/C=C/C(O)C(COC1OC(CO)C(OC2OC(CO)C(OC3OC(CO)C(O)C(O)C3O)C(O)C2O)C(O)C1O)NC(=O)CCCCCCCCCCCCCCC. The van der Waals surface area contributed by atoms with Crippen molar-refractivity contribution >= 4 is 5.91 Å². The molecule has 17 atom stereocenters. The largest absolute Gasteiger partial charge is 0.394 e. The molecule has 17 unspecified atom stereocenters. The summed E-state index contributed by atoms with van der Waals surface area (Å²) in [4.78, 5) is 13.3. The molecule has 0 aromatic rings. The number of amides is 1. The van der Waals surface area contributed by atoms with E-state index >= 15 is 0 Å². The summed E-state index contributed by atoms with van der Waals surface area (Å²) in [5.41, 5.74) is 0.